The highest BCUT2D eigenvalue weighted by atomic mass is 16.5. The molecule has 166 valence electrons. The third-order valence-corrected chi connectivity index (χ3v) is 5.32. The lowest BCUT2D eigenvalue weighted by Gasteiger charge is -2.20. The summed E-state index contributed by atoms with van der Waals surface area (Å²) in [7, 11) is 0. The van der Waals surface area contributed by atoms with Gasteiger partial charge in [0, 0.05) is 32.7 Å². The molecule has 0 saturated carbocycles. The highest BCUT2D eigenvalue weighted by molar-refractivity contribution is 5.65. The molecule has 1 atom stereocenters. The molecule has 2 aromatic heterocycles. The Morgan fingerprint density at radius 3 is 2.52 bits per heavy atom. The first-order valence-electron chi connectivity index (χ1n) is 12.3. The van der Waals surface area contributed by atoms with Crippen molar-refractivity contribution in [2.75, 3.05) is 24.6 Å². The van der Waals surface area contributed by atoms with Gasteiger partial charge in [-0.2, -0.15) is 4.98 Å². The number of aryl methyl sites for hydroxylation is 3. The van der Waals surface area contributed by atoms with Crippen LogP contribution in [0.3, 0.4) is 0 Å². The van der Waals surface area contributed by atoms with Gasteiger partial charge >= 0.3 is 0 Å². The van der Waals surface area contributed by atoms with Gasteiger partial charge in [0.25, 0.3) is 5.89 Å². The quantitative estimate of drug-likeness (QED) is 0.406. The Morgan fingerprint density at radius 2 is 1.84 bits per heavy atom. The van der Waals surface area contributed by atoms with Crippen molar-refractivity contribution in [2.24, 2.45) is 0 Å². The molecule has 0 N–H and O–H groups in total. The van der Waals surface area contributed by atoms with Crippen LogP contribution in [0.15, 0.2) is 28.8 Å². The lowest BCUT2D eigenvalue weighted by molar-refractivity contribution is 0.312. The third kappa shape index (κ3) is 5.06. The first-order chi connectivity index (χ1) is 15.9. The van der Waals surface area contributed by atoms with E-state index in [-0.39, 0.29) is 13.5 Å². The highest BCUT2D eigenvalue weighted by Gasteiger charge is 2.17. The van der Waals surface area contributed by atoms with Gasteiger partial charge in [-0.05, 0) is 75.4 Å². The number of ether oxygens (including phenoxy) is 1. The minimum absolute atomic E-state index is 0.0228. The van der Waals surface area contributed by atoms with Gasteiger partial charge in [-0.25, -0.2) is 4.98 Å². The van der Waals surface area contributed by atoms with Crippen LogP contribution >= 0.6 is 0 Å². The normalized spacial score (nSPS) is 12.9. The van der Waals surface area contributed by atoms with Gasteiger partial charge in [0.15, 0.2) is 0 Å². The summed E-state index contributed by atoms with van der Waals surface area (Å²) in [5.74, 6) is 2.69. The van der Waals surface area contributed by atoms with Crippen molar-refractivity contribution in [3.05, 3.63) is 41.1 Å². The Kier molecular flexibility index (Phi) is 6.74. The van der Waals surface area contributed by atoms with E-state index in [1.165, 1.54) is 0 Å². The lowest BCUT2D eigenvalue weighted by atomic mass is 10.0. The van der Waals surface area contributed by atoms with Crippen LogP contribution in [0.5, 0.6) is 5.75 Å². The van der Waals surface area contributed by atoms with Crippen molar-refractivity contribution in [3.63, 3.8) is 0 Å². The molecule has 0 unspecified atom stereocenters. The average molecular weight is 425 g/mol. The predicted octanol–water partition coefficient (Wildman–Crippen LogP) is 5.87. The summed E-state index contributed by atoms with van der Waals surface area (Å²) in [5, 5.41) is 4.25. The number of anilines is 1. The number of rotatable bonds is 10. The van der Waals surface area contributed by atoms with Crippen LogP contribution in [0.1, 0.15) is 60.6 Å². The standard InChI is InChI=1S/C25H34N4O2/c1-7-12-30-23-17(6)13-19(14-18(23)8-2)24-27-25(31-28-24)20-15-21(9-3)26-22(16-20)29(10-4)11-5/h13-16H,7-12H2,1-6H3/i1D,7D/t7-/m0/s1. The first-order valence-corrected chi connectivity index (χ1v) is 11.0. The summed E-state index contributed by atoms with van der Waals surface area (Å²) >= 11 is 0. The van der Waals surface area contributed by atoms with E-state index < -0.39 is 6.40 Å². The molecule has 31 heavy (non-hydrogen) atoms. The SMILES string of the molecule is [2H]C[C@H]([2H])COc1c(C)cc(-c2noc(-c3cc(CC)nc(N(CC)CC)c3)n2)cc1CC. The Bertz CT molecular complexity index is 1070. The van der Waals surface area contributed by atoms with Crippen LogP contribution in [0.4, 0.5) is 5.82 Å². The maximum Gasteiger partial charge on any atom is 0.258 e. The summed E-state index contributed by atoms with van der Waals surface area (Å²) in [6, 6.07) is 8.01. The molecule has 6 nitrogen and oxygen atoms in total. The maximum atomic E-state index is 7.77. The zero-order chi connectivity index (χ0) is 24.0. The Hall–Kier alpha value is -2.89. The monoisotopic (exact) mass is 424 g/mol. The topological polar surface area (TPSA) is 64.3 Å². The molecule has 0 amide bonds. The van der Waals surface area contributed by atoms with Crippen LogP contribution in [0.2, 0.25) is 0 Å². The molecule has 3 aromatic rings. The second-order valence-electron chi connectivity index (χ2n) is 7.39. The summed E-state index contributed by atoms with van der Waals surface area (Å²) in [6.07, 6.45) is 1.04. The van der Waals surface area contributed by atoms with Gasteiger partial charge in [0.05, 0.1) is 6.61 Å². The number of benzene rings is 1. The fourth-order valence-corrected chi connectivity index (χ4v) is 3.63. The fourth-order valence-electron chi connectivity index (χ4n) is 3.63. The molecule has 0 aliphatic carbocycles. The number of aromatic nitrogens is 3. The minimum atomic E-state index is -0.553. The van der Waals surface area contributed by atoms with E-state index in [2.05, 4.69) is 37.8 Å². The zero-order valence-electron chi connectivity index (χ0n) is 21.2. The molecule has 0 saturated heterocycles. The first kappa shape index (κ1) is 20.0. The Morgan fingerprint density at radius 1 is 1.03 bits per heavy atom. The molecule has 0 radical (unpaired) electrons. The molecular formula is C25H34N4O2. The maximum absolute atomic E-state index is 7.77. The van der Waals surface area contributed by atoms with Crippen LogP contribution in [0.25, 0.3) is 22.8 Å². The largest absolute Gasteiger partial charge is 0.493 e. The van der Waals surface area contributed by atoms with Crippen molar-refractivity contribution < 1.29 is 12.0 Å². The van der Waals surface area contributed by atoms with Gasteiger partial charge < -0.3 is 14.2 Å². The van der Waals surface area contributed by atoms with E-state index in [0.29, 0.717) is 11.7 Å². The second kappa shape index (κ2) is 10.4. The average Bonchev–Trinajstić information content (AvgIpc) is 3.33. The summed E-state index contributed by atoms with van der Waals surface area (Å²) in [4.78, 5) is 11.7. The summed E-state index contributed by atoms with van der Waals surface area (Å²) in [5.41, 5.74) is 4.69. The van der Waals surface area contributed by atoms with Gasteiger partial charge in [-0.1, -0.05) is 25.9 Å². The van der Waals surface area contributed by atoms with Gasteiger partial charge in [-0.15, -0.1) is 0 Å². The molecule has 0 spiro atoms. The van der Waals surface area contributed by atoms with Crippen LogP contribution in [-0.2, 0) is 12.8 Å². The molecule has 0 bridgehead atoms. The second-order valence-corrected chi connectivity index (χ2v) is 7.39. The van der Waals surface area contributed by atoms with E-state index in [1.807, 2.05) is 31.2 Å². The van der Waals surface area contributed by atoms with E-state index >= 15 is 0 Å². The van der Waals surface area contributed by atoms with Crippen LogP contribution in [-0.4, -0.2) is 34.8 Å². The molecule has 0 fully saturated rings. The molecule has 0 aliphatic heterocycles. The molecule has 0 aliphatic rings. The highest BCUT2D eigenvalue weighted by Crippen LogP contribution is 2.32. The molecular weight excluding hydrogens is 388 g/mol. The van der Waals surface area contributed by atoms with Crippen molar-refractivity contribution in [1.29, 1.82) is 0 Å². The van der Waals surface area contributed by atoms with Crippen molar-refractivity contribution in [2.45, 2.75) is 60.8 Å². The molecule has 6 heteroatoms. The van der Waals surface area contributed by atoms with Crippen molar-refractivity contribution in [3.8, 4) is 28.6 Å². The smallest absolute Gasteiger partial charge is 0.258 e. The van der Waals surface area contributed by atoms with Crippen molar-refractivity contribution >= 4 is 5.82 Å². The summed E-state index contributed by atoms with van der Waals surface area (Å²) in [6.45, 7) is 12.3. The van der Waals surface area contributed by atoms with E-state index in [1.54, 1.807) is 0 Å². The molecule has 1 aromatic carbocycles. The lowest BCUT2D eigenvalue weighted by Crippen LogP contribution is -2.23. The summed E-state index contributed by atoms with van der Waals surface area (Å²) < 4.78 is 26.6. The molecule has 3 rings (SSSR count). The van der Waals surface area contributed by atoms with Crippen LogP contribution in [0, 0.1) is 6.92 Å². The van der Waals surface area contributed by atoms with Crippen LogP contribution < -0.4 is 9.64 Å². The minimum Gasteiger partial charge on any atom is -0.493 e. The zero-order valence-corrected chi connectivity index (χ0v) is 19.2. The third-order valence-electron chi connectivity index (χ3n) is 5.32. The predicted molar refractivity (Wildman–Crippen MR) is 126 cm³/mol. The van der Waals surface area contributed by atoms with E-state index in [0.717, 1.165) is 65.4 Å². The number of hydrogen-bond acceptors (Lipinski definition) is 6. The van der Waals surface area contributed by atoms with Gasteiger partial charge in [-0.3, -0.25) is 0 Å². The van der Waals surface area contributed by atoms with Gasteiger partial charge in [0.1, 0.15) is 11.6 Å². The number of nitrogens with zero attached hydrogens (tertiary/aromatic N) is 4. The number of pyridine rings is 1. The Balaban J connectivity index is 1.94. The Labute approximate surface area is 188 Å². The fraction of sp³-hybridized carbons (Fsp3) is 0.480. The molecule has 2 heterocycles. The number of hydrogen-bond donors (Lipinski definition) is 0. The van der Waals surface area contributed by atoms with E-state index in [4.69, 9.17) is 22.0 Å². The van der Waals surface area contributed by atoms with Crippen molar-refractivity contribution in [1.82, 2.24) is 15.1 Å². The van der Waals surface area contributed by atoms with Gasteiger partial charge in [0.2, 0.25) is 5.82 Å². The van der Waals surface area contributed by atoms with E-state index in [9.17, 15) is 0 Å².